The number of carbonyl (C=O) groups excluding carboxylic acids is 1. The number of nitrogen functional groups attached to an aromatic ring is 1. The van der Waals surface area contributed by atoms with Crippen LogP contribution in [0, 0.1) is 37.0 Å². The van der Waals surface area contributed by atoms with Gasteiger partial charge < -0.3 is 10.5 Å². The molecule has 0 radical (unpaired) electrons. The number of hydrogen-bond acceptors (Lipinski definition) is 5. The smallest absolute Gasteiger partial charge is 0.306 e. The summed E-state index contributed by atoms with van der Waals surface area (Å²) in [4.78, 5) is 21.4. The van der Waals surface area contributed by atoms with Gasteiger partial charge in [-0.3, -0.25) is 4.79 Å². The van der Waals surface area contributed by atoms with Crippen LogP contribution >= 0.6 is 11.3 Å². The number of H-pyrrole nitrogens is 1. The molecular weight excluding hydrogens is 408 g/mol. The maximum Gasteiger partial charge on any atom is 0.306 e. The molecule has 0 amide bonds. The minimum absolute atomic E-state index is 0.0121. The highest BCUT2D eigenvalue weighted by Gasteiger charge is 2.51. The summed E-state index contributed by atoms with van der Waals surface area (Å²) in [5.74, 6) is 4.01. The van der Waals surface area contributed by atoms with Crippen molar-refractivity contribution >= 4 is 23.1 Å². The lowest BCUT2D eigenvalue weighted by Gasteiger charge is -2.56. The van der Waals surface area contributed by atoms with Crippen LogP contribution in [0.3, 0.4) is 0 Å². The third-order valence-corrected chi connectivity index (χ3v) is 8.99. The Balaban J connectivity index is 1.14. The van der Waals surface area contributed by atoms with Gasteiger partial charge in [0.2, 0.25) is 5.51 Å². The van der Waals surface area contributed by atoms with Gasteiger partial charge in [0.05, 0.1) is 17.9 Å². The summed E-state index contributed by atoms with van der Waals surface area (Å²) in [7, 11) is 0. The number of aryl methyl sites for hydroxylation is 1. The van der Waals surface area contributed by atoms with E-state index in [1.165, 1.54) is 49.1 Å². The van der Waals surface area contributed by atoms with E-state index < -0.39 is 0 Å². The zero-order valence-electron chi connectivity index (χ0n) is 18.7. The highest BCUT2D eigenvalue weighted by atomic mass is 32.1. The van der Waals surface area contributed by atoms with Crippen molar-refractivity contribution < 1.29 is 19.1 Å². The Bertz CT molecular complexity index is 951. The summed E-state index contributed by atoms with van der Waals surface area (Å²) >= 11 is 1.71. The number of nitrogens with two attached hydrogens (primary N) is 1. The van der Waals surface area contributed by atoms with Crippen molar-refractivity contribution in [3.63, 3.8) is 0 Å². The molecule has 0 atom stereocenters. The highest BCUT2D eigenvalue weighted by molar-refractivity contribution is 7.09. The molecule has 7 heteroatoms. The van der Waals surface area contributed by atoms with Crippen LogP contribution in [0.5, 0.6) is 0 Å². The number of anilines is 1. The molecule has 6 nitrogen and oxygen atoms in total. The fourth-order valence-electron chi connectivity index (χ4n) is 6.83. The van der Waals surface area contributed by atoms with Crippen LogP contribution in [0.25, 0.3) is 0 Å². The van der Waals surface area contributed by atoms with Crippen LogP contribution in [-0.4, -0.2) is 17.6 Å². The molecule has 166 valence electrons. The van der Waals surface area contributed by atoms with E-state index in [2.05, 4.69) is 27.0 Å². The molecule has 4 aliphatic rings. The summed E-state index contributed by atoms with van der Waals surface area (Å²) in [6.07, 6.45) is 11.3. The van der Waals surface area contributed by atoms with Gasteiger partial charge in [-0.15, -0.1) is 0 Å². The van der Waals surface area contributed by atoms with E-state index >= 15 is 0 Å². The van der Waals surface area contributed by atoms with Gasteiger partial charge in [-0.1, -0.05) is 11.3 Å². The van der Waals surface area contributed by atoms with Gasteiger partial charge in [0.15, 0.2) is 12.2 Å². The van der Waals surface area contributed by atoms with E-state index in [1.807, 2.05) is 13.1 Å². The van der Waals surface area contributed by atoms with Gasteiger partial charge in [-0.25, -0.2) is 4.98 Å². The summed E-state index contributed by atoms with van der Waals surface area (Å²) in [6.45, 7) is 5.16. The Morgan fingerprint density at radius 2 is 1.94 bits per heavy atom. The van der Waals surface area contributed by atoms with Crippen molar-refractivity contribution in [1.29, 1.82) is 0 Å². The van der Waals surface area contributed by atoms with E-state index in [0.717, 1.165) is 35.6 Å². The molecule has 31 heavy (non-hydrogen) atoms. The van der Waals surface area contributed by atoms with Crippen molar-refractivity contribution in [2.24, 2.45) is 23.2 Å². The summed E-state index contributed by atoms with van der Waals surface area (Å²) in [5, 5.41) is 0. The molecule has 2 aromatic heterocycles. The number of rotatable bonds is 7. The largest absolute Gasteiger partial charge is 0.465 e. The van der Waals surface area contributed by atoms with Crippen molar-refractivity contribution in [3.8, 4) is 0 Å². The number of aromatic amines is 1. The molecule has 4 fully saturated rings. The second-order valence-corrected chi connectivity index (χ2v) is 11.3. The second-order valence-electron chi connectivity index (χ2n) is 10.3. The first-order chi connectivity index (χ1) is 14.9. The number of nitrogens with one attached hydrogen (secondary N) is 1. The minimum atomic E-state index is 0.0121. The number of thiazole rings is 1. The van der Waals surface area contributed by atoms with Crippen LogP contribution in [0.15, 0.2) is 11.7 Å². The molecule has 4 bridgehead atoms. The molecule has 0 aliphatic heterocycles. The van der Waals surface area contributed by atoms with Gasteiger partial charge >= 0.3 is 5.97 Å². The standard InChI is InChI=1S/C24H33N4O2S/c1-15-21(31-14-28(15)13-20-12-26-16(2)27-23(20)25)3-4-30-22(29)11-24-8-17-5-18(9-24)7-19(6-17)10-24/h12,14,17-19H,3-11,13H2,1-2H3,(H2,25,26,27)/q+1/p+1. The zero-order chi connectivity index (χ0) is 21.6. The van der Waals surface area contributed by atoms with E-state index in [0.29, 0.717) is 25.4 Å². The first-order valence-electron chi connectivity index (χ1n) is 11.6. The van der Waals surface area contributed by atoms with E-state index in [9.17, 15) is 4.79 Å². The summed E-state index contributed by atoms with van der Waals surface area (Å²) in [5.41, 5.74) is 10.6. The monoisotopic (exact) mass is 442 g/mol. The van der Waals surface area contributed by atoms with Gasteiger partial charge in [0.25, 0.3) is 11.6 Å². The molecule has 2 heterocycles. The van der Waals surface area contributed by atoms with E-state index in [-0.39, 0.29) is 11.4 Å². The summed E-state index contributed by atoms with van der Waals surface area (Å²) < 4.78 is 7.91. The summed E-state index contributed by atoms with van der Waals surface area (Å²) in [6, 6.07) is 0. The predicted octanol–water partition coefficient (Wildman–Crippen LogP) is 3.18. The third kappa shape index (κ3) is 4.34. The van der Waals surface area contributed by atoms with E-state index in [1.54, 1.807) is 11.3 Å². The van der Waals surface area contributed by atoms with Gasteiger partial charge in [0.1, 0.15) is 11.8 Å². The lowest BCUT2D eigenvalue weighted by Crippen LogP contribution is -2.47. The number of hydrogen-bond donors (Lipinski definition) is 1. The van der Waals surface area contributed by atoms with Crippen molar-refractivity contribution in [3.05, 3.63) is 33.7 Å². The van der Waals surface area contributed by atoms with Gasteiger partial charge in [0, 0.05) is 20.3 Å². The molecule has 3 N–H and O–H groups in total. The maximum absolute atomic E-state index is 12.7. The van der Waals surface area contributed by atoms with Crippen molar-refractivity contribution in [2.75, 3.05) is 12.3 Å². The lowest BCUT2D eigenvalue weighted by molar-refractivity contribution is -0.690. The van der Waals surface area contributed by atoms with E-state index in [4.69, 9.17) is 10.5 Å². The molecule has 4 aliphatic carbocycles. The minimum Gasteiger partial charge on any atom is -0.465 e. The predicted molar refractivity (Wildman–Crippen MR) is 118 cm³/mol. The first kappa shape index (κ1) is 20.9. The Labute approximate surface area is 188 Å². The Morgan fingerprint density at radius 3 is 2.58 bits per heavy atom. The number of nitrogens with zero attached hydrogens (tertiary/aromatic N) is 2. The van der Waals surface area contributed by atoms with Crippen LogP contribution in [-0.2, 0) is 22.5 Å². The fourth-order valence-corrected chi connectivity index (χ4v) is 7.81. The van der Waals surface area contributed by atoms with Crippen molar-refractivity contribution in [2.45, 2.75) is 71.8 Å². The molecular formula is C24H34N4O2S+2. The Morgan fingerprint density at radius 1 is 1.26 bits per heavy atom. The Kier molecular flexibility index (Phi) is 5.49. The number of carbonyl (C=O) groups is 1. The molecule has 2 aromatic rings. The van der Waals surface area contributed by atoms with Crippen LogP contribution in [0.2, 0.25) is 0 Å². The quantitative estimate of drug-likeness (QED) is 0.527. The van der Waals surface area contributed by atoms with Crippen LogP contribution in [0.1, 0.15) is 66.9 Å². The number of ether oxygens (including phenoxy) is 1. The molecule has 0 unspecified atom stereocenters. The van der Waals surface area contributed by atoms with Crippen LogP contribution in [0.4, 0.5) is 5.82 Å². The van der Waals surface area contributed by atoms with Gasteiger partial charge in [-0.2, -0.15) is 4.57 Å². The first-order valence-corrected chi connectivity index (χ1v) is 12.5. The maximum atomic E-state index is 12.7. The van der Waals surface area contributed by atoms with Crippen LogP contribution < -0.4 is 15.3 Å². The second kappa shape index (κ2) is 8.15. The average molecular weight is 443 g/mol. The number of aromatic nitrogens is 3. The fraction of sp³-hybridized carbons (Fsp3) is 0.667. The Hall–Kier alpha value is -2.02. The SMILES string of the molecule is Cc1nc(N)c(C[n+]2csc(CCOC(=O)CC34CC5CC(CC(C5)C3)C4)c2C)c[nH+]1. The average Bonchev–Trinajstić information content (AvgIpc) is 3.02. The highest BCUT2D eigenvalue weighted by Crippen LogP contribution is 2.61. The molecule has 0 saturated heterocycles. The molecule has 0 spiro atoms. The zero-order valence-corrected chi connectivity index (χ0v) is 19.5. The third-order valence-electron chi connectivity index (χ3n) is 7.85. The molecule has 0 aromatic carbocycles. The molecule has 4 saturated carbocycles. The normalized spacial score (nSPS) is 28.8. The number of esters is 1. The topological polar surface area (TPSA) is 83.2 Å². The molecule has 6 rings (SSSR count). The van der Waals surface area contributed by atoms with Crippen molar-refractivity contribution in [1.82, 2.24) is 4.98 Å². The van der Waals surface area contributed by atoms with Gasteiger partial charge in [-0.05, 0) is 66.7 Å². The lowest BCUT2D eigenvalue weighted by atomic mass is 9.49.